The molecule has 1 N–H and O–H groups in total. The number of rotatable bonds is 7. The van der Waals surface area contributed by atoms with Crippen LogP contribution in [-0.2, 0) is 0 Å². The van der Waals surface area contributed by atoms with E-state index in [1.165, 1.54) is 18.2 Å². The second-order valence-corrected chi connectivity index (χ2v) is 7.59. The van der Waals surface area contributed by atoms with Crippen LogP contribution in [0.15, 0.2) is 42.5 Å². The van der Waals surface area contributed by atoms with Crippen LogP contribution in [0.1, 0.15) is 28.4 Å². The van der Waals surface area contributed by atoms with Crippen LogP contribution < -0.4 is 9.64 Å². The van der Waals surface area contributed by atoms with Crippen LogP contribution in [0, 0.1) is 13.8 Å². The van der Waals surface area contributed by atoms with E-state index in [2.05, 4.69) is 41.0 Å². The van der Waals surface area contributed by atoms with Crippen molar-refractivity contribution in [3.05, 3.63) is 59.2 Å². The monoisotopic (exact) mass is 382 g/mol. The van der Waals surface area contributed by atoms with E-state index in [9.17, 15) is 9.90 Å². The summed E-state index contributed by atoms with van der Waals surface area (Å²) in [6, 6.07) is 14.0. The summed E-state index contributed by atoms with van der Waals surface area (Å²) in [5.74, 6) is 0.521. The Morgan fingerprint density at radius 1 is 1.11 bits per heavy atom. The van der Waals surface area contributed by atoms with E-state index in [4.69, 9.17) is 4.74 Å². The van der Waals surface area contributed by atoms with Gasteiger partial charge in [0.2, 0.25) is 0 Å². The number of ether oxygens (including phenoxy) is 1. The Balaban J connectivity index is 1.49. The van der Waals surface area contributed by atoms with Gasteiger partial charge in [0, 0.05) is 38.4 Å². The zero-order valence-electron chi connectivity index (χ0n) is 17.0. The molecule has 5 nitrogen and oxygen atoms in total. The van der Waals surface area contributed by atoms with Crippen molar-refractivity contribution in [2.45, 2.75) is 26.9 Å². The number of anilines is 1. The van der Waals surface area contributed by atoms with Crippen LogP contribution in [0.3, 0.4) is 0 Å². The van der Waals surface area contributed by atoms with Gasteiger partial charge in [-0.15, -0.1) is 0 Å². The van der Waals surface area contributed by atoms with Gasteiger partial charge >= 0.3 is 0 Å². The third kappa shape index (κ3) is 5.12. The van der Waals surface area contributed by atoms with Gasteiger partial charge in [-0.2, -0.15) is 0 Å². The van der Waals surface area contributed by atoms with Crippen molar-refractivity contribution >= 4 is 11.5 Å². The Morgan fingerprint density at radius 3 is 2.50 bits per heavy atom. The second kappa shape index (κ2) is 9.22. The topological polar surface area (TPSA) is 53.0 Å². The summed E-state index contributed by atoms with van der Waals surface area (Å²) in [5, 5.41) is 10.4. The fraction of sp³-hybridized carbons (Fsp3) is 0.435. The molecule has 2 aromatic rings. The maximum absolute atomic E-state index is 11.8. The third-order valence-corrected chi connectivity index (χ3v) is 5.25. The van der Waals surface area contributed by atoms with Crippen LogP contribution in [0.25, 0.3) is 0 Å². The van der Waals surface area contributed by atoms with Crippen LogP contribution in [0.4, 0.5) is 5.69 Å². The fourth-order valence-corrected chi connectivity index (χ4v) is 3.67. The van der Waals surface area contributed by atoms with Crippen LogP contribution in [0.5, 0.6) is 5.75 Å². The molecule has 0 aliphatic carbocycles. The number of nitrogens with zero attached hydrogens (tertiary/aromatic N) is 2. The first-order chi connectivity index (χ1) is 13.4. The van der Waals surface area contributed by atoms with Gasteiger partial charge in [-0.05, 0) is 50.1 Å². The van der Waals surface area contributed by atoms with E-state index in [1.807, 2.05) is 19.1 Å². The molecular weight excluding hydrogens is 352 g/mol. The van der Waals surface area contributed by atoms with Crippen LogP contribution >= 0.6 is 0 Å². The maximum atomic E-state index is 11.8. The molecule has 0 unspecified atom stereocenters. The minimum Gasteiger partial charge on any atom is -0.490 e. The fourth-order valence-electron chi connectivity index (χ4n) is 3.67. The standard InChI is InChI=1S/C23H30N2O3/c1-17-8-9-21(19(3)26)23(14-17)28-16-20(27)15-24-10-12-25(13-11-24)22-7-5-4-6-18(22)2/h4-9,14,20,27H,10-13,15-16H2,1-3H3/t20-/m1/s1. The number of hydrogen-bond acceptors (Lipinski definition) is 5. The van der Waals surface area contributed by atoms with Gasteiger partial charge in [-0.1, -0.05) is 24.3 Å². The molecule has 28 heavy (non-hydrogen) atoms. The minimum absolute atomic E-state index is 0.0307. The summed E-state index contributed by atoms with van der Waals surface area (Å²) < 4.78 is 5.78. The van der Waals surface area contributed by atoms with Gasteiger partial charge in [0.1, 0.15) is 18.5 Å². The summed E-state index contributed by atoms with van der Waals surface area (Å²) in [4.78, 5) is 16.4. The average Bonchev–Trinajstić information content (AvgIpc) is 2.67. The lowest BCUT2D eigenvalue weighted by Crippen LogP contribution is -2.49. The molecule has 1 saturated heterocycles. The molecule has 1 atom stereocenters. The zero-order chi connectivity index (χ0) is 20.1. The van der Waals surface area contributed by atoms with Crippen molar-refractivity contribution in [3.8, 4) is 5.75 Å². The second-order valence-electron chi connectivity index (χ2n) is 7.59. The average molecular weight is 383 g/mol. The highest BCUT2D eigenvalue weighted by Gasteiger charge is 2.21. The predicted molar refractivity (Wildman–Crippen MR) is 113 cm³/mol. The molecule has 0 bridgehead atoms. The quantitative estimate of drug-likeness (QED) is 0.746. The first-order valence-electron chi connectivity index (χ1n) is 9.89. The summed E-state index contributed by atoms with van der Waals surface area (Å²) >= 11 is 0. The first-order valence-corrected chi connectivity index (χ1v) is 9.89. The number of piperazine rings is 1. The van der Waals surface area contributed by atoms with E-state index < -0.39 is 6.10 Å². The molecule has 1 heterocycles. The van der Waals surface area contributed by atoms with Gasteiger partial charge in [-0.3, -0.25) is 9.69 Å². The third-order valence-electron chi connectivity index (χ3n) is 5.25. The van der Waals surface area contributed by atoms with Crippen LogP contribution in [-0.4, -0.2) is 61.2 Å². The van der Waals surface area contributed by atoms with Crippen molar-refractivity contribution in [1.29, 1.82) is 0 Å². The number of benzene rings is 2. The zero-order valence-corrected chi connectivity index (χ0v) is 17.0. The lowest BCUT2D eigenvalue weighted by Gasteiger charge is -2.37. The molecular formula is C23H30N2O3. The van der Waals surface area contributed by atoms with Crippen LogP contribution in [0.2, 0.25) is 0 Å². The van der Waals surface area contributed by atoms with Crippen molar-refractivity contribution in [2.75, 3.05) is 44.2 Å². The molecule has 3 rings (SSSR count). The molecule has 0 aromatic heterocycles. The highest BCUT2D eigenvalue weighted by molar-refractivity contribution is 5.96. The molecule has 0 amide bonds. The molecule has 1 aliphatic heterocycles. The number of aliphatic hydroxyl groups is 1. The summed E-state index contributed by atoms with van der Waals surface area (Å²) in [6.45, 7) is 10.1. The largest absolute Gasteiger partial charge is 0.490 e. The van der Waals surface area contributed by atoms with Crippen molar-refractivity contribution < 1.29 is 14.6 Å². The van der Waals surface area contributed by atoms with Gasteiger partial charge in [0.15, 0.2) is 5.78 Å². The molecule has 0 radical (unpaired) electrons. The van der Waals surface area contributed by atoms with E-state index in [0.29, 0.717) is 17.9 Å². The van der Waals surface area contributed by atoms with Gasteiger partial charge in [-0.25, -0.2) is 0 Å². The van der Waals surface area contributed by atoms with E-state index >= 15 is 0 Å². The van der Waals surface area contributed by atoms with Crippen molar-refractivity contribution in [2.24, 2.45) is 0 Å². The van der Waals surface area contributed by atoms with E-state index in [-0.39, 0.29) is 12.4 Å². The number of para-hydroxylation sites is 1. The molecule has 0 saturated carbocycles. The number of aliphatic hydroxyl groups excluding tert-OH is 1. The maximum Gasteiger partial charge on any atom is 0.163 e. The molecule has 2 aromatic carbocycles. The SMILES string of the molecule is CC(=O)c1ccc(C)cc1OC[C@H](O)CN1CCN(c2ccccc2C)CC1. The number of Topliss-reactive ketones (excluding diaryl/α,β-unsaturated/α-hetero) is 1. The number of hydrogen-bond donors (Lipinski definition) is 1. The van der Waals surface area contributed by atoms with Gasteiger partial charge in [0.25, 0.3) is 0 Å². The Hall–Kier alpha value is -2.37. The summed E-state index contributed by atoms with van der Waals surface area (Å²) in [5.41, 5.74) is 4.18. The first kappa shape index (κ1) is 20.4. The molecule has 1 fully saturated rings. The molecule has 150 valence electrons. The lowest BCUT2D eigenvalue weighted by molar-refractivity contribution is 0.0656. The van der Waals surface area contributed by atoms with Gasteiger partial charge in [0.05, 0.1) is 5.56 Å². The lowest BCUT2D eigenvalue weighted by atomic mass is 10.1. The Kier molecular flexibility index (Phi) is 6.70. The molecule has 5 heteroatoms. The minimum atomic E-state index is -0.592. The summed E-state index contributed by atoms with van der Waals surface area (Å²) in [7, 11) is 0. The Labute approximate surface area is 167 Å². The molecule has 1 aliphatic rings. The number of ketones is 1. The van der Waals surface area contributed by atoms with Gasteiger partial charge < -0.3 is 14.7 Å². The number of carbonyl (C=O) groups excluding carboxylic acids is 1. The number of β-amino-alcohol motifs (C(OH)–C–C–N with tert-alkyl or cyclic N) is 1. The van der Waals surface area contributed by atoms with E-state index in [1.54, 1.807) is 6.07 Å². The predicted octanol–water partition coefficient (Wildman–Crippen LogP) is 3.07. The highest BCUT2D eigenvalue weighted by atomic mass is 16.5. The normalized spacial score (nSPS) is 16.1. The highest BCUT2D eigenvalue weighted by Crippen LogP contribution is 2.22. The van der Waals surface area contributed by atoms with Crippen molar-refractivity contribution in [1.82, 2.24) is 4.90 Å². The Bertz CT molecular complexity index is 813. The van der Waals surface area contributed by atoms with Crippen molar-refractivity contribution in [3.63, 3.8) is 0 Å². The number of aryl methyl sites for hydroxylation is 2. The smallest absolute Gasteiger partial charge is 0.163 e. The Morgan fingerprint density at radius 2 is 1.82 bits per heavy atom. The number of carbonyl (C=O) groups is 1. The molecule has 0 spiro atoms. The van der Waals surface area contributed by atoms with E-state index in [0.717, 1.165) is 31.7 Å². The summed E-state index contributed by atoms with van der Waals surface area (Å²) in [6.07, 6.45) is -0.592.